The monoisotopic (exact) mass is 617 g/mol. The molecule has 11 nitrogen and oxygen atoms in total. The van der Waals surface area contributed by atoms with Gasteiger partial charge in [-0.05, 0) is 94.8 Å². The summed E-state index contributed by atoms with van der Waals surface area (Å²) in [5, 5.41) is 13.1. The number of hydrogen-bond acceptors (Lipinski definition) is 7. The number of nitrogens with two attached hydrogens (primary N) is 1. The van der Waals surface area contributed by atoms with E-state index in [2.05, 4.69) is 71.8 Å². The fourth-order valence-electron chi connectivity index (χ4n) is 7.61. The highest BCUT2D eigenvalue weighted by atomic mass is 16.7. The van der Waals surface area contributed by atoms with Crippen LogP contribution in [0.25, 0.3) is 0 Å². The Balaban J connectivity index is 1.69. The Morgan fingerprint density at radius 1 is 1.16 bits per heavy atom. The van der Waals surface area contributed by atoms with Gasteiger partial charge in [0.25, 0.3) is 5.96 Å². The van der Waals surface area contributed by atoms with E-state index in [9.17, 15) is 19.7 Å². The molecule has 248 valence electrons. The topological polar surface area (TPSA) is 158 Å². The summed E-state index contributed by atoms with van der Waals surface area (Å²) in [4.78, 5) is 41.6. The van der Waals surface area contributed by atoms with E-state index in [4.69, 9.17) is 15.0 Å². The molecule has 7 atom stereocenters. The van der Waals surface area contributed by atoms with E-state index in [0.29, 0.717) is 43.4 Å². The molecule has 3 aliphatic carbocycles. The third kappa shape index (κ3) is 9.28. The average molecular weight is 618 g/mol. The highest BCUT2D eigenvalue weighted by Crippen LogP contribution is 2.65. The Labute approximate surface area is 264 Å². The highest BCUT2D eigenvalue weighted by molar-refractivity contribution is 6.47. The van der Waals surface area contributed by atoms with Crippen molar-refractivity contribution in [2.24, 2.45) is 45.7 Å². The second kappa shape index (κ2) is 15.2. The lowest BCUT2D eigenvalue weighted by molar-refractivity contribution is -0.525. The van der Waals surface area contributed by atoms with Gasteiger partial charge < -0.3 is 20.4 Å². The van der Waals surface area contributed by atoms with Crippen molar-refractivity contribution in [2.75, 3.05) is 6.54 Å². The number of allylic oxidation sites excluding steroid dienone is 2. The zero-order valence-corrected chi connectivity index (χ0v) is 28.2. The minimum Gasteiger partial charge on any atom is -0.404 e. The Bertz CT molecular complexity index is 1090. The van der Waals surface area contributed by atoms with Crippen LogP contribution in [0.2, 0.25) is 0 Å². The molecule has 12 heteroatoms. The van der Waals surface area contributed by atoms with Crippen molar-refractivity contribution in [2.45, 2.75) is 131 Å². The molecule has 1 heterocycles. The predicted molar refractivity (Wildman–Crippen MR) is 173 cm³/mol. The Morgan fingerprint density at radius 2 is 1.86 bits per heavy atom. The summed E-state index contributed by atoms with van der Waals surface area (Å²) in [6.45, 7) is 17.5. The van der Waals surface area contributed by atoms with Crippen molar-refractivity contribution in [1.82, 2.24) is 10.7 Å². The quantitative estimate of drug-likeness (QED) is 0.0391. The lowest BCUT2D eigenvalue weighted by atomic mass is 9.43. The zero-order chi connectivity index (χ0) is 32.8. The smallest absolute Gasteiger partial charge is 0.404 e. The fourth-order valence-corrected chi connectivity index (χ4v) is 7.61. The van der Waals surface area contributed by atoms with Gasteiger partial charge in [-0.15, -0.1) is 0 Å². The van der Waals surface area contributed by atoms with E-state index in [1.165, 1.54) is 5.57 Å². The van der Waals surface area contributed by atoms with Crippen LogP contribution in [0.5, 0.6) is 0 Å². The number of nitro groups is 1. The van der Waals surface area contributed by atoms with Gasteiger partial charge in [-0.2, -0.15) is 0 Å². The predicted octanol–water partition coefficient (Wildman–Crippen LogP) is 5.01. The van der Waals surface area contributed by atoms with Gasteiger partial charge in [-0.25, -0.2) is 15.1 Å². The number of hydrazine groups is 1. The minimum absolute atomic E-state index is 0.0112. The molecule has 44 heavy (non-hydrogen) atoms. The average Bonchev–Trinajstić information content (AvgIpc) is 3.26. The Kier molecular flexibility index (Phi) is 12.4. The number of aliphatic imine (C=N–C) groups is 1. The van der Waals surface area contributed by atoms with E-state index in [-0.39, 0.29) is 59.6 Å². The summed E-state index contributed by atoms with van der Waals surface area (Å²) in [5.74, 6) is 0.219. The van der Waals surface area contributed by atoms with Crippen LogP contribution in [0.3, 0.4) is 0 Å². The molecular weight excluding hydrogens is 561 g/mol. The normalized spacial score (nSPS) is 27.5. The molecule has 2 bridgehead atoms. The van der Waals surface area contributed by atoms with E-state index in [1.54, 1.807) is 0 Å². The molecule has 4 aliphatic rings. The van der Waals surface area contributed by atoms with Crippen LogP contribution in [0, 0.1) is 45.1 Å². The van der Waals surface area contributed by atoms with E-state index in [1.807, 2.05) is 5.43 Å². The van der Waals surface area contributed by atoms with Crippen LogP contribution in [-0.4, -0.2) is 54.0 Å². The summed E-state index contributed by atoms with van der Waals surface area (Å²) in [6, 6.07) is 0. The van der Waals surface area contributed by atoms with E-state index >= 15 is 0 Å². The minimum atomic E-state index is -0.768. The molecular formula is C32H56BN5O6. The fraction of sp³-hybridized carbons (Fsp3) is 0.844. The summed E-state index contributed by atoms with van der Waals surface area (Å²) < 4.78 is 13.3. The number of nitrogens with one attached hydrogen (secondary N) is 2. The van der Waals surface area contributed by atoms with E-state index < -0.39 is 18.1 Å². The molecule has 0 spiro atoms. The molecule has 0 aromatic carbocycles. The summed E-state index contributed by atoms with van der Waals surface area (Å²) in [6.07, 6.45) is 8.24. The summed E-state index contributed by atoms with van der Waals surface area (Å²) >= 11 is 0. The van der Waals surface area contributed by atoms with E-state index in [0.717, 1.165) is 25.7 Å². The molecule has 3 saturated carbocycles. The third-order valence-corrected chi connectivity index (χ3v) is 10.2. The summed E-state index contributed by atoms with van der Waals surface area (Å²) in [5.41, 5.74) is 8.48. The van der Waals surface area contributed by atoms with Crippen molar-refractivity contribution in [3.8, 4) is 0 Å². The number of rotatable bonds is 17. The van der Waals surface area contributed by atoms with Crippen LogP contribution in [0.15, 0.2) is 16.6 Å². The number of carbonyl (C=O) groups is 2. The van der Waals surface area contributed by atoms with Gasteiger partial charge in [-0.3, -0.25) is 9.59 Å². The molecule has 4 rings (SSSR count). The Morgan fingerprint density at radius 3 is 2.48 bits per heavy atom. The molecule has 0 aromatic heterocycles. The maximum atomic E-state index is 13.9. The van der Waals surface area contributed by atoms with Crippen LogP contribution in [0.4, 0.5) is 0 Å². The van der Waals surface area contributed by atoms with Gasteiger partial charge in [0.15, 0.2) is 5.03 Å². The first-order valence-electron chi connectivity index (χ1n) is 16.5. The largest absolute Gasteiger partial charge is 0.481 e. The molecule has 0 aromatic rings. The first kappa shape index (κ1) is 36.0. The number of carbonyl (C=O) groups excluding carboxylic acids is 2. The van der Waals surface area contributed by atoms with Crippen LogP contribution in [-0.2, 0) is 18.9 Å². The molecule has 1 amide bonds. The number of Topliss-reactive ketones (excluding diaryl/α,β-unsaturated/α-hetero) is 1. The number of amides is 1. The van der Waals surface area contributed by atoms with Gasteiger partial charge in [0.1, 0.15) is 5.78 Å². The highest BCUT2D eigenvalue weighted by Gasteiger charge is 2.68. The lowest BCUT2D eigenvalue weighted by Gasteiger charge is -2.64. The molecule has 1 saturated heterocycles. The number of guanidine groups is 1. The van der Waals surface area contributed by atoms with Gasteiger partial charge in [-0.1, -0.05) is 51.7 Å². The molecule has 0 radical (unpaired) electrons. The van der Waals surface area contributed by atoms with Crippen LogP contribution < -0.4 is 16.5 Å². The molecule has 4 N–H and O–H groups in total. The number of hydrogen-bond donors (Lipinski definition) is 3. The van der Waals surface area contributed by atoms with Crippen molar-refractivity contribution in [3.63, 3.8) is 0 Å². The van der Waals surface area contributed by atoms with Crippen molar-refractivity contribution < 1.29 is 23.9 Å². The van der Waals surface area contributed by atoms with Gasteiger partial charge in [0.2, 0.25) is 5.91 Å². The van der Waals surface area contributed by atoms with Gasteiger partial charge in [0.05, 0.1) is 17.6 Å². The molecule has 4 fully saturated rings. The Hall–Kier alpha value is -2.47. The number of nitrogens with zero attached hydrogens (tertiary/aromatic N) is 2. The second-order valence-electron chi connectivity index (χ2n) is 15.0. The van der Waals surface area contributed by atoms with Crippen LogP contribution >= 0.6 is 0 Å². The second-order valence-corrected chi connectivity index (χ2v) is 15.0. The summed E-state index contributed by atoms with van der Waals surface area (Å²) in [7, 11) is -0.546. The number of ketones is 1. The molecule has 0 unspecified atom stereocenters. The van der Waals surface area contributed by atoms with Crippen molar-refractivity contribution >= 4 is 24.8 Å². The first-order valence-corrected chi connectivity index (χ1v) is 16.5. The van der Waals surface area contributed by atoms with Crippen LogP contribution in [0.1, 0.15) is 113 Å². The van der Waals surface area contributed by atoms with Crippen molar-refractivity contribution in [1.29, 1.82) is 0 Å². The van der Waals surface area contributed by atoms with Gasteiger partial charge >= 0.3 is 7.12 Å². The third-order valence-electron chi connectivity index (χ3n) is 10.2. The van der Waals surface area contributed by atoms with Gasteiger partial charge in [0, 0.05) is 25.3 Å². The maximum absolute atomic E-state index is 13.9. The maximum Gasteiger partial charge on any atom is 0.481 e. The SMILES string of the molecule is CC(C)=CCC[C@@H](C)CC(=O)C[C@@H](CCCN=C(N)N[N+](=O)[O-])C(=O)N[C@@H](CC(C)C)B1O[C@@H]2C[C@H]3C[C@H](C3(C)C)[C@]2(C)O1. The first-order chi connectivity index (χ1) is 20.5. The standard InChI is InChI=1S/C32H56BN5O6/c1-20(2)11-9-12-22(5)16-25(39)17-23(13-10-14-35-30(34)37-38(41)42)29(40)36-28(15-21(3)4)33-43-27-19-24-18-26(31(24,6)7)32(27,8)44-33/h11,21-24,26-28H,9-10,12-19H2,1-8H3,(H,36,40)(H3,34,35,37)/t22-,23-,24-,26-,27-,28+,32+/m1/s1. The van der Waals surface area contributed by atoms with Crippen molar-refractivity contribution in [3.05, 3.63) is 21.8 Å². The zero-order valence-electron chi connectivity index (χ0n) is 28.2. The molecule has 1 aliphatic heterocycles. The lowest BCUT2D eigenvalue weighted by Crippen LogP contribution is -2.65.